The summed E-state index contributed by atoms with van der Waals surface area (Å²) in [6.07, 6.45) is 6.30. The summed E-state index contributed by atoms with van der Waals surface area (Å²) in [6.45, 7) is 4.82. The number of terminal acetylenes is 1. The average Bonchev–Trinajstić information content (AvgIpc) is 2.43. The van der Waals surface area contributed by atoms with Crippen LogP contribution in [-0.2, 0) is 4.74 Å². The Balaban J connectivity index is 2.19. The third-order valence-corrected chi connectivity index (χ3v) is 3.71. The van der Waals surface area contributed by atoms with E-state index in [4.69, 9.17) is 11.2 Å². The number of hydrogen-bond acceptors (Lipinski definition) is 3. The van der Waals surface area contributed by atoms with Crippen molar-refractivity contribution in [1.29, 1.82) is 0 Å². The minimum atomic E-state index is -0.808. The van der Waals surface area contributed by atoms with Crippen LogP contribution in [0.25, 0.3) is 0 Å². The molecule has 0 aromatic heterocycles. The molecule has 0 bridgehead atoms. The van der Waals surface area contributed by atoms with Gasteiger partial charge in [0.2, 0.25) is 0 Å². The van der Waals surface area contributed by atoms with Gasteiger partial charge in [-0.25, -0.2) is 4.79 Å². The van der Waals surface area contributed by atoms with Crippen LogP contribution in [0.2, 0.25) is 0 Å². The number of benzene rings is 1. The predicted octanol–water partition coefficient (Wildman–Crippen LogP) is 2.23. The molecule has 0 saturated carbocycles. The van der Waals surface area contributed by atoms with E-state index in [1.165, 1.54) is 0 Å². The number of rotatable bonds is 2. The van der Waals surface area contributed by atoms with Crippen LogP contribution >= 0.6 is 0 Å². The molecule has 0 aliphatic carbocycles. The van der Waals surface area contributed by atoms with Gasteiger partial charge in [-0.2, -0.15) is 0 Å². The molecular weight excluding hydrogens is 238 g/mol. The first kappa shape index (κ1) is 13.6. The lowest BCUT2D eigenvalue weighted by Gasteiger charge is -2.41. The summed E-state index contributed by atoms with van der Waals surface area (Å²) >= 11 is 0. The zero-order valence-corrected chi connectivity index (χ0v) is 11.3. The van der Waals surface area contributed by atoms with Gasteiger partial charge in [0.15, 0.2) is 5.60 Å². The van der Waals surface area contributed by atoms with Crippen molar-refractivity contribution in [1.82, 2.24) is 5.32 Å². The van der Waals surface area contributed by atoms with E-state index in [1.54, 1.807) is 12.1 Å². The normalized spacial score (nSPS) is 30.4. The molecule has 3 atom stereocenters. The van der Waals surface area contributed by atoms with Gasteiger partial charge in [-0.15, -0.1) is 6.42 Å². The second kappa shape index (κ2) is 5.46. The quantitative estimate of drug-likeness (QED) is 0.652. The number of esters is 1. The molecule has 1 heterocycles. The van der Waals surface area contributed by atoms with E-state index in [1.807, 2.05) is 32.0 Å². The van der Waals surface area contributed by atoms with Crippen molar-refractivity contribution in [2.45, 2.75) is 31.9 Å². The summed E-state index contributed by atoms with van der Waals surface area (Å²) in [5, 5.41) is 3.35. The number of ether oxygens (including phenoxy) is 1. The second-order valence-electron chi connectivity index (χ2n) is 5.20. The smallest absolute Gasteiger partial charge is 0.339 e. The number of carbonyl (C=O) groups is 1. The van der Waals surface area contributed by atoms with E-state index in [9.17, 15) is 4.79 Å². The van der Waals surface area contributed by atoms with Crippen LogP contribution in [-0.4, -0.2) is 24.2 Å². The van der Waals surface area contributed by atoms with Crippen molar-refractivity contribution in [3.63, 3.8) is 0 Å². The van der Waals surface area contributed by atoms with Gasteiger partial charge in [0, 0.05) is 24.9 Å². The minimum absolute atomic E-state index is 0.0985. The van der Waals surface area contributed by atoms with E-state index < -0.39 is 5.60 Å². The summed E-state index contributed by atoms with van der Waals surface area (Å²) in [5.41, 5.74) is -0.270. The molecule has 100 valence electrons. The maximum Gasteiger partial charge on any atom is 0.339 e. The number of nitrogens with one attached hydrogen (secondary N) is 1. The summed E-state index contributed by atoms with van der Waals surface area (Å²) in [6, 6.07) is 9.21. The van der Waals surface area contributed by atoms with Gasteiger partial charge < -0.3 is 10.1 Å². The van der Waals surface area contributed by atoms with Gasteiger partial charge in [0.1, 0.15) is 0 Å². The van der Waals surface area contributed by atoms with Crippen LogP contribution in [0.4, 0.5) is 0 Å². The zero-order valence-electron chi connectivity index (χ0n) is 11.3. The number of carbonyl (C=O) groups excluding carboxylic acids is 1. The lowest BCUT2D eigenvalue weighted by Crippen LogP contribution is -2.54. The molecule has 1 N–H and O–H groups in total. The van der Waals surface area contributed by atoms with Gasteiger partial charge in [-0.3, -0.25) is 0 Å². The summed E-state index contributed by atoms with van der Waals surface area (Å²) in [7, 11) is 0. The van der Waals surface area contributed by atoms with E-state index >= 15 is 0 Å². The summed E-state index contributed by atoms with van der Waals surface area (Å²) in [4.78, 5) is 12.2. The van der Waals surface area contributed by atoms with Crippen molar-refractivity contribution >= 4 is 5.97 Å². The Morgan fingerprint density at radius 3 is 2.74 bits per heavy atom. The first-order valence-corrected chi connectivity index (χ1v) is 6.57. The maximum atomic E-state index is 12.2. The Bertz CT molecular complexity index is 491. The van der Waals surface area contributed by atoms with E-state index in [-0.39, 0.29) is 17.9 Å². The minimum Gasteiger partial charge on any atom is -0.442 e. The Labute approximate surface area is 114 Å². The second-order valence-corrected chi connectivity index (χ2v) is 5.20. The zero-order chi connectivity index (χ0) is 13.9. The molecule has 1 saturated heterocycles. The summed E-state index contributed by atoms with van der Waals surface area (Å²) in [5.74, 6) is 2.47. The highest BCUT2D eigenvalue weighted by Gasteiger charge is 2.42. The van der Waals surface area contributed by atoms with Crippen molar-refractivity contribution in [3.05, 3.63) is 35.9 Å². The largest absolute Gasteiger partial charge is 0.442 e. The summed E-state index contributed by atoms with van der Waals surface area (Å²) < 4.78 is 5.68. The molecule has 1 aromatic rings. The van der Waals surface area contributed by atoms with Crippen LogP contribution < -0.4 is 5.32 Å². The predicted molar refractivity (Wildman–Crippen MR) is 74.7 cm³/mol. The Morgan fingerprint density at radius 2 is 2.11 bits per heavy atom. The standard InChI is InChI=1S/C16H19NO2/c1-4-16(10-13(3)17-11-12(16)2)19-15(18)14-8-6-5-7-9-14/h1,5-9,12-13,17H,10-11H2,2-3H3/t12-,13-,16-/m0/s1. The molecule has 1 aromatic carbocycles. The maximum absolute atomic E-state index is 12.2. The van der Waals surface area contributed by atoms with Crippen LogP contribution in [0.15, 0.2) is 30.3 Å². The molecule has 1 fully saturated rings. The van der Waals surface area contributed by atoms with E-state index in [2.05, 4.69) is 11.2 Å². The van der Waals surface area contributed by atoms with Crippen molar-refractivity contribution in [2.75, 3.05) is 6.54 Å². The van der Waals surface area contributed by atoms with Gasteiger partial charge in [-0.05, 0) is 19.1 Å². The highest BCUT2D eigenvalue weighted by molar-refractivity contribution is 5.89. The lowest BCUT2D eigenvalue weighted by molar-refractivity contribution is -0.0333. The lowest BCUT2D eigenvalue weighted by atomic mass is 9.80. The van der Waals surface area contributed by atoms with Gasteiger partial charge >= 0.3 is 5.97 Å². The fraction of sp³-hybridized carbons (Fsp3) is 0.438. The number of piperidine rings is 1. The van der Waals surface area contributed by atoms with Gasteiger partial charge in [-0.1, -0.05) is 31.0 Å². The molecule has 0 amide bonds. The van der Waals surface area contributed by atoms with Gasteiger partial charge in [0.05, 0.1) is 5.56 Å². The van der Waals surface area contributed by atoms with Gasteiger partial charge in [0.25, 0.3) is 0 Å². The van der Waals surface area contributed by atoms with Crippen molar-refractivity contribution < 1.29 is 9.53 Å². The highest BCUT2D eigenvalue weighted by Crippen LogP contribution is 2.31. The molecule has 3 nitrogen and oxygen atoms in total. The molecule has 19 heavy (non-hydrogen) atoms. The molecule has 2 rings (SSSR count). The molecule has 3 heteroatoms. The van der Waals surface area contributed by atoms with Crippen LogP contribution in [0, 0.1) is 18.3 Å². The first-order chi connectivity index (χ1) is 9.07. The molecule has 1 aliphatic heterocycles. The third kappa shape index (κ3) is 2.80. The molecule has 1 aliphatic rings. The van der Waals surface area contributed by atoms with E-state index in [0.717, 1.165) is 6.54 Å². The molecular formula is C16H19NO2. The highest BCUT2D eigenvalue weighted by atomic mass is 16.6. The van der Waals surface area contributed by atoms with Crippen LogP contribution in [0.5, 0.6) is 0 Å². The molecule has 0 spiro atoms. The Hall–Kier alpha value is -1.79. The first-order valence-electron chi connectivity index (χ1n) is 6.57. The Kier molecular flexibility index (Phi) is 3.92. The number of hydrogen-bond donors (Lipinski definition) is 1. The SMILES string of the molecule is C#C[C@]1(OC(=O)c2ccccc2)C[C@H](C)NC[C@@H]1C. The molecule has 0 radical (unpaired) electrons. The average molecular weight is 257 g/mol. The third-order valence-electron chi connectivity index (χ3n) is 3.71. The fourth-order valence-corrected chi connectivity index (χ4v) is 2.44. The topological polar surface area (TPSA) is 38.3 Å². The monoisotopic (exact) mass is 257 g/mol. The molecule has 0 unspecified atom stereocenters. The van der Waals surface area contributed by atoms with Crippen molar-refractivity contribution in [3.8, 4) is 12.3 Å². The van der Waals surface area contributed by atoms with Crippen LogP contribution in [0.3, 0.4) is 0 Å². The fourth-order valence-electron chi connectivity index (χ4n) is 2.44. The van der Waals surface area contributed by atoms with Crippen LogP contribution in [0.1, 0.15) is 30.6 Å². The van der Waals surface area contributed by atoms with E-state index in [0.29, 0.717) is 12.0 Å². The van der Waals surface area contributed by atoms with Crippen molar-refractivity contribution in [2.24, 2.45) is 5.92 Å². The Morgan fingerprint density at radius 1 is 1.42 bits per heavy atom.